The second-order valence-corrected chi connectivity index (χ2v) is 9.56. The lowest BCUT2D eigenvalue weighted by Crippen LogP contribution is -2.34. The quantitative estimate of drug-likeness (QED) is 0.837. The minimum absolute atomic E-state index is 0.0378. The predicted octanol–water partition coefficient (Wildman–Crippen LogP) is 2.49. The van der Waals surface area contributed by atoms with Crippen molar-refractivity contribution in [2.45, 2.75) is 32.5 Å². The van der Waals surface area contributed by atoms with E-state index in [4.69, 9.17) is 4.74 Å². The number of nitrogens with one attached hydrogen (secondary N) is 1. The fourth-order valence-electron chi connectivity index (χ4n) is 1.68. The van der Waals surface area contributed by atoms with Crippen LogP contribution in [0, 0.1) is 0 Å². The van der Waals surface area contributed by atoms with E-state index in [1.165, 1.54) is 0 Å². The van der Waals surface area contributed by atoms with Gasteiger partial charge in [0, 0.05) is 5.30 Å². The Balaban J connectivity index is 2.66. The van der Waals surface area contributed by atoms with Gasteiger partial charge in [0.1, 0.15) is 12.7 Å². The first-order valence-corrected chi connectivity index (χ1v) is 9.39. The average molecular weight is 313 g/mol. The van der Waals surface area contributed by atoms with E-state index in [9.17, 15) is 14.5 Å². The number of amides is 1. The Hall–Kier alpha value is -1.32. The smallest absolute Gasteiger partial charge is 0.407 e. The molecule has 1 aromatic carbocycles. The lowest BCUT2D eigenvalue weighted by atomic mass is 10.1. The van der Waals surface area contributed by atoms with Gasteiger partial charge < -0.3 is 19.7 Å². The van der Waals surface area contributed by atoms with Gasteiger partial charge in [0.25, 0.3) is 0 Å². The van der Waals surface area contributed by atoms with Crippen molar-refractivity contribution in [1.29, 1.82) is 0 Å². The zero-order valence-corrected chi connectivity index (χ0v) is 14.1. The van der Waals surface area contributed by atoms with Crippen LogP contribution in [-0.4, -0.2) is 36.7 Å². The highest BCUT2D eigenvalue weighted by molar-refractivity contribution is 7.70. The average Bonchev–Trinajstić information content (AvgIpc) is 2.33. The highest BCUT2D eigenvalue weighted by Gasteiger charge is 2.18. The molecule has 118 valence electrons. The van der Waals surface area contributed by atoms with Crippen LogP contribution in [0.2, 0.25) is 0 Å². The third-order valence-electron chi connectivity index (χ3n) is 2.72. The summed E-state index contributed by atoms with van der Waals surface area (Å²) in [5.74, 6) is 0. The molecule has 0 aromatic heterocycles. The van der Waals surface area contributed by atoms with Crippen molar-refractivity contribution >= 4 is 18.5 Å². The molecule has 0 saturated carbocycles. The Kier molecular flexibility index (Phi) is 5.60. The van der Waals surface area contributed by atoms with Gasteiger partial charge >= 0.3 is 6.09 Å². The maximum absolute atomic E-state index is 12.0. The summed E-state index contributed by atoms with van der Waals surface area (Å²) in [4.78, 5) is 11.5. The van der Waals surface area contributed by atoms with Gasteiger partial charge in [0.2, 0.25) is 0 Å². The van der Waals surface area contributed by atoms with Gasteiger partial charge in [-0.25, -0.2) is 4.79 Å². The molecule has 1 aromatic rings. The largest absolute Gasteiger partial charge is 0.444 e. The van der Waals surface area contributed by atoms with Crippen LogP contribution in [0.15, 0.2) is 24.3 Å². The summed E-state index contributed by atoms with van der Waals surface area (Å²) in [5, 5.41) is 13.3. The van der Waals surface area contributed by atoms with Gasteiger partial charge in [-0.15, -0.1) is 0 Å². The lowest BCUT2D eigenvalue weighted by Gasteiger charge is -2.21. The number of alkyl carbamates (subject to hydrolysis) is 1. The van der Waals surface area contributed by atoms with Crippen molar-refractivity contribution in [2.75, 3.05) is 19.9 Å². The highest BCUT2D eigenvalue weighted by Crippen LogP contribution is 2.34. The normalized spacial score (nSPS) is 13.6. The Morgan fingerprint density at radius 3 is 2.52 bits per heavy atom. The van der Waals surface area contributed by atoms with Crippen LogP contribution >= 0.6 is 7.14 Å². The van der Waals surface area contributed by atoms with Gasteiger partial charge in [-0.05, 0) is 45.7 Å². The van der Waals surface area contributed by atoms with Crippen molar-refractivity contribution in [3.63, 3.8) is 0 Å². The number of carbonyl (C=O) groups excluding carboxylic acids is 1. The molecule has 5 nitrogen and oxygen atoms in total. The van der Waals surface area contributed by atoms with Crippen molar-refractivity contribution in [2.24, 2.45) is 0 Å². The third kappa shape index (κ3) is 6.32. The maximum Gasteiger partial charge on any atom is 0.407 e. The lowest BCUT2D eigenvalue weighted by molar-refractivity contribution is 0.0492. The van der Waals surface area contributed by atoms with E-state index in [2.05, 4.69) is 5.32 Å². The number of carbonyl (C=O) groups is 1. The zero-order valence-electron chi connectivity index (χ0n) is 13.2. The molecule has 0 aliphatic carbocycles. The fourth-order valence-corrected chi connectivity index (χ4v) is 2.58. The molecule has 0 spiro atoms. The van der Waals surface area contributed by atoms with E-state index in [0.717, 1.165) is 0 Å². The van der Waals surface area contributed by atoms with Gasteiger partial charge in [-0.3, -0.25) is 0 Å². The third-order valence-corrected chi connectivity index (χ3v) is 4.24. The second kappa shape index (κ2) is 6.63. The van der Waals surface area contributed by atoms with E-state index >= 15 is 0 Å². The summed E-state index contributed by atoms with van der Waals surface area (Å²) in [6.45, 7) is 8.70. The molecule has 0 bridgehead atoms. The summed E-state index contributed by atoms with van der Waals surface area (Å²) in [7, 11) is -2.37. The van der Waals surface area contributed by atoms with E-state index < -0.39 is 24.9 Å². The van der Waals surface area contributed by atoms with Crippen molar-refractivity contribution in [1.82, 2.24) is 5.32 Å². The van der Waals surface area contributed by atoms with Gasteiger partial charge in [0.05, 0.1) is 12.6 Å². The molecular formula is C15H24NO4P. The molecule has 6 heteroatoms. The van der Waals surface area contributed by atoms with Crippen molar-refractivity contribution in [3.8, 4) is 0 Å². The van der Waals surface area contributed by atoms with Gasteiger partial charge in [-0.2, -0.15) is 0 Å². The van der Waals surface area contributed by atoms with Crippen LogP contribution < -0.4 is 10.6 Å². The maximum atomic E-state index is 12.0. The second-order valence-electron chi connectivity index (χ2n) is 6.34. The summed E-state index contributed by atoms with van der Waals surface area (Å²) >= 11 is 0. The molecule has 2 N–H and O–H groups in total. The monoisotopic (exact) mass is 313 g/mol. The standard InChI is InChI=1S/C15H24NO4P/c1-15(2,3)20-14(18)16-10-13(17)11-7-6-8-12(9-11)21(4,5)19/h6-9,13,17H,10H2,1-5H3,(H,16,18). The van der Waals surface area contributed by atoms with Crippen LogP contribution in [-0.2, 0) is 9.30 Å². The van der Waals surface area contributed by atoms with Crippen LogP contribution in [0.25, 0.3) is 0 Å². The first-order chi connectivity index (χ1) is 9.49. The number of aliphatic hydroxyl groups excluding tert-OH is 1. The Bertz CT molecular complexity index is 545. The van der Waals surface area contributed by atoms with E-state index in [0.29, 0.717) is 10.9 Å². The first kappa shape index (κ1) is 17.7. The Morgan fingerprint density at radius 1 is 1.38 bits per heavy atom. The molecule has 0 aliphatic heterocycles. The molecule has 1 amide bonds. The highest BCUT2D eigenvalue weighted by atomic mass is 31.2. The van der Waals surface area contributed by atoms with Crippen LogP contribution in [0.1, 0.15) is 32.4 Å². The van der Waals surface area contributed by atoms with Crippen molar-refractivity contribution < 1.29 is 19.2 Å². The molecule has 0 aliphatic rings. The number of hydrogen-bond donors (Lipinski definition) is 2. The number of hydrogen-bond acceptors (Lipinski definition) is 4. The summed E-state index contributed by atoms with van der Waals surface area (Å²) in [6, 6.07) is 6.97. The fraction of sp³-hybridized carbons (Fsp3) is 0.533. The summed E-state index contributed by atoms with van der Waals surface area (Å²) < 4.78 is 17.1. The first-order valence-electron chi connectivity index (χ1n) is 6.79. The molecule has 1 atom stereocenters. The minimum Gasteiger partial charge on any atom is -0.444 e. The molecule has 0 heterocycles. The Morgan fingerprint density at radius 2 is 2.00 bits per heavy atom. The van der Waals surface area contributed by atoms with Crippen LogP contribution in [0.5, 0.6) is 0 Å². The molecule has 21 heavy (non-hydrogen) atoms. The zero-order chi connectivity index (χ0) is 16.3. The van der Waals surface area contributed by atoms with Gasteiger partial charge in [-0.1, -0.05) is 18.2 Å². The number of aliphatic hydroxyl groups is 1. The number of ether oxygens (including phenoxy) is 1. The number of rotatable bonds is 4. The van der Waals surface area contributed by atoms with Crippen LogP contribution in [0.3, 0.4) is 0 Å². The van der Waals surface area contributed by atoms with Gasteiger partial charge in [0.15, 0.2) is 0 Å². The molecule has 0 saturated heterocycles. The molecule has 0 radical (unpaired) electrons. The van der Waals surface area contributed by atoms with Crippen molar-refractivity contribution in [3.05, 3.63) is 29.8 Å². The van der Waals surface area contributed by atoms with E-state index in [-0.39, 0.29) is 6.54 Å². The molecular weight excluding hydrogens is 289 g/mol. The SMILES string of the molecule is CC(C)(C)OC(=O)NCC(O)c1cccc(P(C)(C)=O)c1. The molecule has 1 unspecified atom stereocenters. The van der Waals surface area contributed by atoms with Crippen LogP contribution in [0.4, 0.5) is 4.79 Å². The Labute approximate surface area is 126 Å². The number of benzene rings is 1. The summed E-state index contributed by atoms with van der Waals surface area (Å²) in [6.07, 6.45) is -1.45. The minimum atomic E-state index is -2.37. The van der Waals surface area contributed by atoms with E-state index in [1.807, 2.05) is 0 Å². The van der Waals surface area contributed by atoms with E-state index in [1.54, 1.807) is 58.4 Å². The predicted molar refractivity (Wildman–Crippen MR) is 84.7 cm³/mol. The topological polar surface area (TPSA) is 75.6 Å². The molecule has 1 rings (SSSR count). The molecule has 0 fully saturated rings. The summed E-state index contributed by atoms with van der Waals surface area (Å²) in [5.41, 5.74) is 0.0407.